The quantitative estimate of drug-likeness (QED) is 0.852. The number of nitrogens with one attached hydrogen (secondary N) is 1. The van der Waals surface area contributed by atoms with Gasteiger partial charge in [-0.15, -0.1) is 0 Å². The number of rotatable bonds is 7. The Hall–Kier alpha value is -2.37. The van der Waals surface area contributed by atoms with E-state index in [0.717, 1.165) is 12.8 Å². The number of methoxy groups -OCH3 is 1. The minimum Gasteiger partial charge on any atom is -0.497 e. The lowest BCUT2D eigenvalue weighted by Crippen LogP contribution is -2.26. The van der Waals surface area contributed by atoms with Gasteiger partial charge in [0, 0.05) is 24.7 Å². The first-order chi connectivity index (χ1) is 11.1. The third-order valence-electron chi connectivity index (χ3n) is 3.44. The van der Waals surface area contributed by atoms with Gasteiger partial charge in [0.25, 0.3) is 5.91 Å². The van der Waals surface area contributed by atoms with Gasteiger partial charge in [0.1, 0.15) is 17.3 Å². The second-order valence-corrected chi connectivity index (χ2v) is 5.24. The molecule has 6 heteroatoms. The number of nitrogens with zero attached hydrogens (tertiary/aromatic N) is 2. The second-order valence-electron chi connectivity index (χ2n) is 5.24. The number of carbonyl (C=O) groups excluding carboxylic acids is 1. The maximum absolute atomic E-state index is 14.2. The summed E-state index contributed by atoms with van der Waals surface area (Å²) < 4.78 is 20.9. The lowest BCUT2D eigenvalue weighted by atomic mass is 10.1. The molecule has 1 aromatic heterocycles. The minimum absolute atomic E-state index is 0.187. The molecule has 0 saturated carbocycles. The van der Waals surface area contributed by atoms with Crippen LogP contribution in [0.5, 0.6) is 5.75 Å². The van der Waals surface area contributed by atoms with Gasteiger partial charge in [0.05, 0.1) is 12.8 Å². The van der Waals surface area contributed by atoms with Gasteiger partial charge in [-0.1, -0.05) is 13.8 Å². The number of benzene rings is 1. The van der Waals surface area contributed by atoms with Crippen LogP contribution in [-0.4, -0.2) is 29.3 Å². The number of ether oxygens (including phenoxy) is 1. The van der Waals surface area contributed by atoms with Gasteiger partial charge in [-0.25, -0.2) is 4.39 Å². The van der Waals surface area contributed by atoms with E-state index in [9.17, 15) is 9.18 Å². The first kappa shape index (κ1) is 17.0. The summed E-state index contributed by atoms with van der Waals surface area (Å²) in [6, 6.07) is 6.23. The minimum atomic E-state index is -0.425. The van der Waals surface area contributed by atoms with Crippen LogP contribution >= 0.6 is 0 Å². The molecule has 5 nitrogen and oxygen atoms in total. The summed E-state index contributed by atoms with van der Waals surface area (Å²) in [5.41, 5.74) is 1.25. The van der Waals surface area contributed by atoms with E-state index in [2.05, 4.69) is 10.4 Å². The molecule has 23 heavy (non-hydrogen) atoms. The Morgan fingerprint density at radius 1 is 1.30 bits per heavy atom. The van der Waals surface area contributed by atoms with E-state index in [4.69, 9.17) is 4.74 Å². The Labute approximate surface area is 135 Å². The molecule has 0 fully saturated rings. The number of halogens is 1. The van der Waals surface area contributed by atoms with Crippen molar-refractivity contribution in [3.05, 3.63) is 35.8 Å². The van der Waals surface area contributed by atoms with E-state index in [1.54, 1.807) is 22.9 Å². The Kier molecular flexibility index (Phi) is 5.73. The molecule has 0 aliphatic carbocycles. The lowest BCUT2D eigenvalue weighted by Gasteiger charge is -2.06. The topological polar surface area (TPSA) is 56.1 Å². The van der Waals surface area contributed by atoms with Crippen LogP contribution in [0.2, 0.25) is 0 Å². The van der Waals surface area contributed by atoms with E-state index < -0.39 is 5.82 Å². The van der Waals surface area contributed by atoms with Crippen molar-refractivity contribution in [2.24, 2.45) is 0 Å². The first-order valence-electron chi connectivity index (χ1n) is 7.80. The summed E-state index contributed by atoms with van der Waals surface area (Å²) in [4.78, 5) is 12.2. The lowest BCUT2D eigenvalue weighted by molar-refractivity contribution is 0.0942. The largest absolute Gasteiger partial charge is 0.497 e. The smallest absolute Gasteiger partial charge is 0.269 e. The molecule has 0 spiro atoms. The highest BCUT2D eigenvalue weighted by Crippen LogP contribution is 2.26. The van der Waals surface area contributed by atoms with Gasteiger partial charge < -0.3 is 10.1 Å². The summed E-state index contributed by atoms with van der Waals surface area (Å²) >= 11 is 0. The molecule has 0 unspecified atom stereocenters. The zero-order chi connectivity index (χ0) is 16.8. The number of carbonyl (C=O) groups is 1. The van der Waals surface area contributed by atoms with E-state index >= 15 is 0 Å². The summed E-state index contributed by atoms with van der Waals surface area (Å²) in [6.45, 7) is 5.19. The molecule has 2 rings (SSSR count). The average Bonchev–Trinajstić information content (AvgIpc) is 2.96. The molecule has 1 heterocycles. The van der Waals surface area contributed by atoms with Crippen molar-refractivity contribution in [1.29, 1.82) is 0 Å². The highest BCUT2D eigenvalue weighted by atomic mass is 19.1. The van der Waals surface area contributed by atoms with Crippen LogP contribution in [0.1, 0.15) is 37.2 Å². The van der Waals surface area contributed by atoms with Gasteiger partial charge in [-0.05, 0) is 31.0 Å². The maximum atomic E-state index is 14.2. The fourth-order valence-electron chi connectivity index (χ4n) is 2.27. The first-order valence-corrected chi connectivity index (χ1v) is 7.80. The summed E-state index contributed by atoms with van der Waals surface area (Å²) in [6.07, 6.45) is 1.69. The highest BCUT2D eigenvalue weighted by Gasteiger charge is 2.17. The van der Waals surface area contributed by atoms with Crippen LogP contribution in [0.3, 0.4) is 0 Å². The van der Waals surface area contributed by atoms with E-state index in [1.165, 1.54) is 13.2 Å². The van der Waals surface area contributed by atoms with E-state index in [-0.39, 0.29) is 5.91 Å². The number of hydrogen-bond acceptors (Lipinski definition) is 3. The number of aromatic nitrogens is 2. The third kappa shape index (κ3) is 3.88. The van der Waals surface area contributed by atoms with Crippen molar-refractivity contribution in [3.63, 3.8) is 0 Å². The molecule has 0 bridgehead atoms. The van der Waals surface area contributed by atoms with Gasteiger partial charge in [0.15, 0.2) is 0 Å². The Bertz CT molecular complexity index is 682. The molecule has 0 saturated heterocycles. The Balaban J connectivity index is 2.38. The molecule has 1 amide bonds. The van der Waals surface area contributed by atoms with Crippen molar-refractivity contribution in [2.75, 3.05) is 13.7 Å². The fourth-order valence-corrected chi connectivity index (χ4v) is 2.27. The van der Waals surface area contributed by atoms with Gasteiger partial charge >= 0.3 is 0 Å². The normalized spacial score (nSPS) is 10.6. The highest BCUT2D eigenvalue weighted by molar-refractivity contribution is 5.93. The molecule has 1 N–H and O–H groups in total. The molecule has 124 valence electrons. The van der Waals surface area contributed by atoms with Crippen LogP contribution < -0.4 is 10.1 Å². The fraction of sp³-hybridized carbons (Fsp3) is 0.412. The van der Waals surface area contributed by atoms with Crippen molar-refractivity contribution < 1.29 is 13.9 Å². The Morgan fingerprint density at radius 3 is 2.70 bits per heavy atom. The van der Waals surface area contributed by atoms with Gasteiger partial charge in [-0.2, -0.15) is 5.10 Å². The third-order valence-corrected chi connectivity index (χ3v) is 3.44. The average molecular weight is 319 g/mol. The van der Waals surface area contributed by atoms with E-state index in [1.807, 2.05) is 13.8 Å². The monoisotopic (exact) mass is 319 g/mol. The van der Waals surface area contributed by atoms with Crippen LogP contribution in [-0.2, 0) is 6.54 Å². The molecular formula is C17H22FN3O2. The van der Waals surface area contributed by atoms with Crippen LogP contribution in [0.4, 0.5) is 4.39 Å². The predicted molar refractivity (Wildman–Crippen MR) is 87.1 cm³/mol. The van der Waals surface area contributed by atoms with Crippen LogP contribution in [0, 0.1) is 5.82 Å². The van der Waals surface area contributed by atoms with Crippen molar-refractivity contribution in [1.82, 2.24) is 15.1 Å². The summed E-state index contributed by atoms with van der Waals surface area (Å²) in [5, 5.41) is 7.22. The SMILES string of the molecule is CCCNC(=O)c1cc(-c2ccc(OC)cc2F)nn1CCC. The van der Waals surface area contributed by atoms with Crippen LogP contribution in [0.15, 0.2) is 24.3 Å². The maximum Gasteiger partial charge on any atom is 0.269 e. The molecule has 0 aliphatic rings. The Morgan fingerprint density at radius 2 is 2.09 bits per heavy atom. The zero-order valence-electron chi connectivity index (χ0n) is 13.7. The molecule has 0 atom stereocenters. The van der Waals surface area contributed by atoms with Crippen molar-refractivity contribution in [3.8, 4) is 17.0 Å². The standard InChI is InChI=1S/C17H22FN3O2/c1-4-8-19-17(22)16-11-15(20-21(16)9-5-2)13-7-6-12(23-3)10-14(13)18/h6-7,10-11H,4-5,8-9H2,1-3H3,(H,19,22). The zero-order valence-corrected chi connectivity index (χ0v) is 13.7. The van der Waals surface area contributed by atoms with Gasteiger partial charge in [0.2, 0.25) is 0 Å². The predicted octanol–water partition coefficient (Wildman–Crippen LogP) is 3.25. The van der Waals surface area contributed by atoms with Gasteiger partial charge in [-0.3, -0.25) is 9.48 Å². The summed E-state index contributed by atoms with van der Waals surface area (Å²) in [7, 11) is 1.49. The molecule has 1 aromatic carbocycles. The molecule has 0 radical (unpaired) electrons. The van der Waals surface area contributed by atoms with Crippen molar-refractivity contribution in [2.45, 2.75) is 33.2 Å². The number of hydrogen-bond donors (Lipinski definition) is 1. The molecular weight excluding hydrogens is 297 g/mol. The molecule has 2 aromatic rings. The summed E-state index contributed by atoms with van der Waals surface area (Å²) in [5.74, 6) is -0.167. The number of aryl methyl sites for hydroxylation is 1. The second kappa shape index (κ2) is 7.76. The molecule has 0 aliphatic heterocycles. The number of amides is 1. The van der Waals surface area contributed by atoms with Crippen LogP contribution in [0.25, 0.3) is 11.3 Å². The van der Waals surface area contributed by atoms with Crippen molar-refractivity contribution >= 4 is 5.91 Å². The van der Waals surface area contributed by atoms with E-state index in [0.29, 0.717) is 35.8 Å².